The highest BCUT2D eigenvalue weighted by atomic mass is 32.1. The first kappa shape index (κ1) is 15.8. The molecule has 1 aromatic heterocycles. The van der Waals surface area contributed by atoms with Gasteiger partial charge in [0.05, 0.1) is 18.9 Å². The Morgan fingerprint density at radius 1 is 1.26 bits per heavy atom. The average Bonchev–Trinajstić information content (AvgIpc) is 3.18. The summed E-state index contributed by atoms with van der Waals surface area (Å²) in [7, 11) is 2.19. The van der Waals surface area contributed by atoms with Gasteiger partial charge >= 0.3 is 0 Å². The zero-order valence-electron chi connectivity index (χ0n) is 14.1. The number of rotatable bonds is 6. The minimum Gasteiger partial charge on any atom is -0.379 e. The Bertz CT molecular complexity index is 512. The topological polar surface area (TPSA) is 31.8 Å². The lowest BCUT2D eigenvalue weighted by Crippen LogP contribution is -2.44. The third-order valence-corrected chi connectivity index (χ3v) is 6.35. The van der Waals surface area contributed by atoms with Crippen LogP contribution in [0.2, 0.25) is 0 Å². The summed E-state index contributed by atoms with van der Waals surface area (Å²) in [4.78, 5) is 12.5. The van der Waals surface area contributed by atoms with Crippen LogP contribution in [0.5, 0.6) is 0 Å². The largest absolute Gasteiger partial charge is 0.379 e. The molecule has 128 valence electrons. The molecule has 6 heteroatoms. The van der Waals surface area contributed by atoms with Crippen molar-refractivity contribution in [2.24, 2.45) is 0 Å². The summed E-state index contributed by atoms with van der Waals surface area (Å²) in [5.41, 5.74) is 1.26. The fourth-order valence-corrected chi connectivity index (χ4v) is 4.60. The van der Waals surface area contributed by atoms with Crippen molar-refractivity contribution in [3.05, 3.63) is 11.1 Å². The lowest BCUT2D eigenvalue weighted by atomic mass is 10.2. The van der Waals surface area contributed by atoms with Gasteiger partial charge in [0, 0.05) is 50.7 Å². The van der Waals surface area contributed by atoms with Gasteiger partial charge in [-0.3, -0.25) is 9.80 Å². The summed E-state index contributed by atoms with van der Waals surface area (Å²) in [6.07, 6.45) is 5.32. The summed E-state index contributed by atoms with van der Waals surface area (Å²) in [5, 5.41) is 3.46. The van der Waals surface area contributed by atoms with E-state index in [0.717, 1.165) is 38.9 Å². The third kappa shape index (κ3) is 3.87. The van der Waals surface area contributed by atoms with E-state index in [2.05, 4.69) is 27.1 Å². The molecule has 1 saturated carbocycles. The van der Waals surface area contributed by atoms with Crippen LogP contribution in [0.25, 0.3) is 0 Å². The van der Waals surface area contributed by atoms with Gasteiger partial charge in [-0.1, -0.05) is 0 Å². The number of nitrogens with zero attached hydrogens (tertiary/aromatic N) is 4. The summed E-state index contributed by atoms with van der Waals surface area (Å²) in [6.45, 7) is 7.42. The Hall–Kier alpha value is -0.690. The zero-order chi connectivity index (χ0) is 15.6. The third-order valence-electron chi connectivity index (χ3n) is 5.37. The van der Waals surface area contributed by atoms with Gasteiger partial charge in [0.1, 0.15) is 0 Å². The predicted molar refractivity (Wildman–Crippen MR) is 94.2 cm³/mol. The van der Waals surface area contributed by atoms with Crippen LogP contribution < -0.4 is 4.90 Å². The molecule has 0 aromatic carbocycles. The number of hydrogen-bond acceptors (Lipinski definition) is 6. The molecule has 0 spiro atoms. The van der Waals surface area contributed by atoms with E-state index in [9.17, 15) is 0 Å². The van der Waals surface area contributed by atoms with E-state index < -0.39 is 0 Å². The summed E-state index contributed by atoms with van der Waals surface area (Å²) >= 11 is 1.81. The number of morpholine rings is 1. The van der Waals surface area contributed by atoms with E-state index in [1.165, 1.54) is 49.6 Å². The van der Waals surface area contributed by atoms with Gasteiger partial charge in [0.25, 0.3) is 0 Å². The molecule has 5 nitrogen and oxygen atoms in total. The van der Waals surface area contributed by atoms with Crippen LogP contribution in [0.3, 0.4) is 0 Å². The fraction of sp³-hybridized carbons (Fsp3) is 0.824. The fourth-order valence-electron chi connectivity index (χ4n) is 3.75. The Morgan fingerprint density at radius 3 is 2.87 bits per heavy atom. The van der Waals surface area contributed by atoms with Crippen LogP contribution in [0.4, 0.5) is 5.13 Å². The van der Waals surface area contributed by atoms with Crippen LogP contribution in [0, 0.1) is 0 Å². The van der Waals surface area contributed by atoms with Gasteiger partial charge in [-0.2, -0.15) is 0 Å². The van der Waals surface area contributed by atoms with Crippen molar-refractivity contribution < 1.29 is 4.74 Å². The lowest BCUT2D eigenvalue weighted by Gasteiger charge is -2.32. The maximum Gasteiger partial charge on any atom is 0.185 e. The highest BCUT2D eigenvalue weighted by molar-refractivity contribution is 7.13. The van der Waals surface area contributed by atoms with E-state index in [-0.39, 0.29) is 0 Å². The van der Waals surface area contributed by atoms with Crippen LogP contribution in [0.1, 0.15) is 31.4 Å². The number of anilines is 1. The quantitative estimate of drug-likeness (QED) is 0.794. The first-order valence-corrected chi connectivity index (χ1v) is 9.89. The molecule has 1 unspecified atom stereocenters. The SMILES string of the molecule is CN(c1nc(CN2CCCC2CN2CCOCC2)cs1)C1CC1. The van der Waals surface area contributed by atoms with Crippen molar-refractivity contribution in [2.75, 3.05) is 51.3 Å². The molecule has 0 radical (unpaired) electrons. The molecule has 2 saturated heterocycles. The molecule has 3 aliphatic rings. The summed E-state index contributed by atoms with van der Waals surface area (Å²) in [5.74, 6) is 0. The number of ether oxygens (including phenoxy) is 1. The molecule has 0 N–H and O–H groups in total. The van der Waals surface area contributed by atoms with Crippen LogP contribution in [-0.4, -0.2) is 73.3 Å². The second kappa shape index (κ2) is 7.05. The second-order valence-electron chi connectivity index (χ2n) is 7.14. The number of hydrogen-bond donors (Lipinski definition) is 0. The molecule has 1 aliphatic carbocycles. The minimum absolute atomic E-state index is 0.694. The molecule has 1 aromatic rings. The average molecular weight is 337 g/mol. The van der Waals surface area contributed by atoms with Crippen molar-refractivity contribution in [3.8, 4) is 0 Å². The summed E-state index contributed by atoms with van der Waals surface area (Å²) in [6, 6.07) is 1.44. The minimum atomic E-state index is 0.694. The van der Waals surface area contributed by atoms with Crippen molar-refractivity contribution in [2.45, 2.75) is 44.3 Å². The first-order chi connectivity index (χ1) is 11.3. The molecular formula is C17H28N4OS. The number of thiazole rings is 1. The molecular weight excluding hydrogens is 308 g/mol. The van der Waals surface area contributed by atoms with Gasteiger partial charge in [-0.15, -0.1) is 11.3 Å². The standard InChI is InChI=1S/C17H28N4OS/c1-19(15-4-5-15)17-18-14(13-23-17)11-21-6-2-3-16(21)12-20-7-9-22-10-8-20/h13,15-16H,2-12H2,1H3. The van der Waals surface area contributed by atoms with Crippen molar-refractivity contribution in [1.82, 2.24) is 14.8 Å². The van der Waals surface area contributed by atoms with Crippen LogP contribution >= 0.6 is 11.3 Å². The monoisotopic (exact) mass is 336 g/mol. The van der Waals surface area contributed by atoms with E-state index in [0.29, 0.717) is 6.04 Å². The Morgan fingerprint density at radius 2 is 2.09 bits per heavy atom. The number of likely N-dealkylation sites (tertiary alicyclic amines) is 1. The second-order valence-corrected chi connectivity index (χ2v) is 7.98. The Balaban J connectivity index is 1.33. The van der Waals surface area contributed by atoms with Gasteiger partial charge in [0.2, 0.25) is 0 Å². The Kier molecular flexibility index (Phi) is 4.85. The van der Waals surface area contributed by atoms with Gasteiger partial charge in [0.15, 0.2) is 5.13 Å². The lowest BCUT2D eigenvalue weighted by molar-refractivity contribution is 0.0261. The highest BCUT2D eigenvalue weighted by Crippen LogP contribution is 2.32. The highest BCUT2D eigenvalue weighted by Gasteiger charge is 2.30. The molecule has 3 heterocycles. The molecule has 0 amide bonds. The number of aromatic nitrogens is 1. The maximum absolute atomic E-state index is 5.47. The molecule has 3 fully saturated rings. The first-order valence-electron chi connectivity index (χ1n) is 9.01. The molecule has 1 atom stereocenters. The van der Waals surface area contributed by atoms with Gasteiger partial charge < -0.3 is 9.64 Å². The maximum atomic E-state index is 5.47. The van der Waals surface area contributed by atoms with Crippen LogP contribution in [-0.2, 0) is 11.3 Å². The van der Waals surface area contributed by atoms with Gasteiger partial charge in [-0.05, 0) is 32.2 Å². The normalized spacial score (nSPS) is 26.7. The van der Waals surface area contributed by atoms with Crippen molar-refractivity contribution >= 4 is 16.5 Å². The summed E-state index contributed by atoms with van der Waals surface area (Å²) < 4.78 is 5.47. The van der Waals surface area contributed by atoms with Crippen molar-refractivity contribution in [1.29, 1.82) is 0 Å². The van der Waals surface area contributed by atoms with E-state index >= 15 is 0 Å². The zero-order valence-corrected chi connectivity index (χ0v) is 14.9. The Labute approximate surface area is 143 Å². The molecule has 0 bridgehead atoms. The smallest absolute Gasteiger partial charge is 0.185 e. The molecule has 2 aliphatic heterocycles. The van der Waals surface area contributed by atoms with E-state index in [4.69, 9.17) is 9.72 Å². The van der Waals surface area contributed by atoms with Crippen LogP contribution in [0.15, 0.2) is 5.38 Å². The molecule has 23 heavy (non-hydrogen) atoms. The van der Waals surface area contributed by atoms with E-state index in [1.807, 2.05) is 11.3 Å². The predicted octanol–water partition coefficient (Wildman–Crippen LogP) is 2.04. The van der Waals surface area contributed by atoms with Crippen molar-refractivity contribution in [3.63, 3.8) is 0 Å². The molecule has 4 rings (SSSR count). The van der Waals surface area contributed by atoms with E-state index in [1.54, 1.807) is 0 Å². The van der Waals surface area contributed by atoms with Gasteiger partial charge in [-0.25, -0.2) is 4.98 Å².